The molecule has 2 aromatic rings. The van der Waals surface area contributed by atoms with E-state index in [1.54, 1.807) is 19.9 Å². The Balaban J connectivity index is 1.72. The molecule has 1 saturated heterocycles. The molecule has 0 aliphatic carbocycles. The first-order chi connectivity index (χ1) is 14.2. The zero-order valence-corrected chi connectivity index (χ0v) is 18.6. The molecule has 1 aliphatic heterocycles. The van der Waals surface area contributed by atoms with Gasteiger partial charge in [-0.25, -0.2) is 13.4 Å². The van der Waals surface area contributed by atoms with Crippen LogP contribution in [0.2, 0.25) is 5.02 Å². The highest BCUT2D eigenvalue weighted by Gasteiger charge is 2.28. The Morgan fingerprint density at radius 3 is 2.60 bits per heavy atom. The maximum Gasteiger partial charge on any atom is 0.254 e. The minimum atomic E-state index is -3.73. The number of nitrogens with zero attached hydrogens (tertiary/aromatic N) is 2. The Hall–Kier alpha value is -2.23. The van der Waals surface area contributed by atoms with Gasteiger partial charge in [-0.15, -0.1) is 0 Å². The fourth-order valence-electron chi connectivity index (χ4n) is 3.53. The fraction of sp³-hybridized carbons (Fsp3) is 0.450. The summed E-state index contributed by atoms with van der Waals surface area (Å²) in [6.45, 7) is 4.36. The highest BCUT2D eigenvalue weighted by atomic mass is 35.5. The molecule has 162 valence electrons. The van der Waals surface area contributed by atoms with Crippen molar-refractivity contribution in [1.82, 2.24) is 14.3 Å². The first kappa shape index (κ1) is 22.5. The van der Waals surface area contributed by atoms with Gasteiger partial charge in [0.1, 0.15) is 10.7 Å². The van der Waals surface area contributed by atoms with Crippen LogP contribution in [0, 0.1) is 13.8 Å². The van der Waals surface area contributed by atoms with Crippen molar-refractivity contribution >= 4 is 33.2 Å². The number of carbonyl (C=O) groups excluding carboxylic acids is 1. The Morgan fingerprint density at radius 1 is 1.23 bits per heavy atom. The average molecular weight is 453 g/mol. The monoisotopic (exact) mass is 452 g/mol. The van der Waals surface area contributed by atoms with Crippen LogP contribution in [-0.2, 0) is 21.2 Å². The second-order valence-corrected chi connectivity index (χ2v) is 9.69. The van der Waals surface area contributed by atoms with E-state index < -0.39 is 10.0 Å². The second-order valence-electron chi connectivity index (χ2n) is 7.37. The summed E-state index contributed by atoms with van der Waals surface area (Å²) in [5.74, 6) is 0.187. The molecule has 10 heteroatoms. The Morgan fingerprint density at radius 2 is 1.93 bits per heavy atom. The highest BCUT2D eigenvalue weighted by molar-refractivity contribution is 7.89. The van der Waals surface area contributed by atoms with E-state index in [0.717, 1.165) is 19.3 Å². The molecular formula is C20H25ClN4O4S. The van der Waals surface area contributed by atoms with Crippen LogP contribution in [0.25, 0.3) is 0 Å². The highest BCUT2D eigenvalue weighted by Crippen LogP contribution is 2.29. The van der Waals surface area contributed by atoms with Crippen molar-refractivity contribution in [3.63, 3.8) is 0 Å². The summed E-state index contributed by atoms with van der Waals surface area (Å²) >= 11 is 6.16. The lowest BCUT2D eigenvalue weighted by atomic mass is 10.1. The van der Waals surface area contributed by atoms with E-state index in [-0.39, 0.29) is 34.2 Å². The Kier molecular flexibility index (Phi) is 6.95. The normalized spacial score (nSPS) is 15.2. The van der Waals surface area contributed by atoms with Gasteiger partial charge in [0.15, 0.2) is 0 Å². The van der Waals surface area contributed by atoms with Crippen molar-refractivity contribution in [3.05, 3.63) is 50.7 Å². The van der Waals surface area contributed by atoms with Crippen molar-refractivity contribution in [2.45, 2.75) is 50.8 Å². The molecule has 2 heterocycles. The molecule has 1 aliphatic rings. The van der Waals surface area contributed by atoms with Crippen molar-refractivity contribution < 1.29 is 13.2 Å². The molecule has 3 rings (SSSR count). The zero-order chi connectivity index (χ0) is 21.9. The minimum Gasteiger partial charge on any atom is -0.326 e. The van der Waals surface area contributed by atoms with Crippen LogP contribution < -0.4 is 10.9 Å². The molecule has 30 heavy (non-hydrogen) atoms. The van der Waals surface area contributed by atoms with Crippen LogP contribution in [0.4, 0.5) is 5.69 Å². The number of hydrogen-bond donors (Lipinski definition) is 2. The van der Waals surface area contributed by atoms with Crippen LogP contribution in [0.3, 0.4) is 0 Å². The van der Waals surface area contributed by atoms with E-state index in [0.29, 0.717) is 35.9 Å². The second kappa shape index (κ2) is 9.28. The van der Waals surface area contributed by atoms with Crippen molar-refractivity contribution in [1.29, 1.82) is 0 Å². The van der Waals surface area contributed by atoms with E-state index in [1.165, 1.54) is 16.4 Å². The van der Waals surface area contributed by atoms with Gasteiger partial charge in [-0.2, -0.15) is 4.31 Å². The summed E-state index contributed by atoms with van der Waals surface area (Å²) in [7, 11) is -3.73. The van der Waals surface area contributed by atoms with Gasteiger partial charge >= 0.3 is 0 Å². The first-order valence-corrected chi connectivity index (χ1v) is 11.7. The molecule has 0 spiro atoms. The minimum absolute atomic E-state index is 0.0149. The molecule has 1 fully saturated rings. The predicted octanol–water partition coefficient (Wildman–Crippen LogP) is 2.79. The largest absolute Gasteiger partial charge is 0.326 e. The smallest absolute Gasteiger partial charge is 0.254 e. The van der Waals surface area contributed by atoms with Gasteiger partial charge in [-0.1, -0.05) is 18.0 Å². The van der Waals surface area contributed by atoms with Gasteiger partial charge in [0.05, 0.1) is 5.02 Å². The third-order valence-electron chi connectivity index (χ3n) is 5.09. The van der Waals surface area contributed by atoms with Crippen LogP contribution in [0.1, 0.15) is 42.8 Å². The number of rotatable bonds is 6. The summed E-state index contributed by atoms with van der Waals surface area (Å²) in [5, 5.41) is 2.81. The topological polar surface area (TPSA) is 112 Å². The van der Waals surface area contributed by atoms with Crippen molar-refractivity contribution in [2.75, 3.05) is 18.4 Å². The lowest BCUT2D eigenvalue weighted by Gasteiger charge is -2.26. The van der Waals surface area contributed by atoms with Gasteiger partial charge in [-0.3, -0.25) is 9.59 Å². The quantitative estimate of drug-likeness (QED) is 0.699. The number of halogens is 1. The van der Waals surface area contributed by atoms with E-state index in [2.05, 4.69) is 15.3 Å². The summed E-state index contributed by atoms with van der Waals surface area (Å²) < 4.78 is 27.3. The molecule has 2 N–H and O–H groups in total. The standard InChI is InChI=1S/C20H25ClN4O4S/c1-13-16(20(27)23-14(2)22-13)7-9-19(26)24-15-6-8-17(21)18(12-15)30(28,29)25-10-4-3-5-11-25/h6,8,12H,3-5,7,9-11H2,1-2H3,(H,24,26)(H,22,23,27). The number of aryl methyl sites for hydroxylation is 2. The van der Waals surface area contributed by atoms with Crippen LogP contribution in [0.15, 0.2) is 27.9 Å². The number of aromatic amines is 1. The molecule has 1 aromatic carbocycles. The fourth-order valence-corrected chi connectivity index (χ4v) is 5.55. The molecule has 1 aromatic heterocycles. The van der Waals surface area contributed by atoms with E-state index in [1.807, 2.05) is 0 Å². The number of aromatic nitrogens is 2. The lowest BCUT2D eigenvalue weighted by Crippen LogP contribution is -2.35. The van der Waals surface area contributed by atoms with Crippen molar-refractivity contribution in [2.24, 2.45) is 0 Å². The van der Waals surface area contributed by atoms with Gasteiger partial charge in [0.25, 0.3) is 5.56 Å². The van der Waals surface area contributed by atoms with E-state index in [9.17, 15) is 18.0 Å². The van der Waals surface area contributed by atoms with Crippen LogP contribution >= 0.6 is 11.6 Å². The maximum absolute atomic E-state index is 12.9. The van der Waals surface area contributed by atoms with Crippen molar-refractivity contribution in [3.8, 4) is 0 Å². The van der Waals surface area contributed by atoms with Gasteiger partial charge in [0.2, 0.25) is 15.9 Å². The zero-order valence-electron chi connectivity index (χ0n) is 17.0. The number of nitrogens with one attached hydrogen (secondary N) is 2. The third kappa shape index (κ3) is 5.08. The molecular weight excluding hydrogens is 428 g/mol. The number of anilines is 1. The first-order valence-electron chi connectivity index (χ1n) is 9.84. The van der Waals surface area contributed by atoms with Crippen LogP contribution in [0.5, 0.6) is 0 Å². The summed E-state index contributed by atoms with van der Waals surface area (Å²) in [5.41, 5.74) is 1.13. The summed E-state index contributed by atoms with van der Waals surface area (Å²) in [6.07, 6.45) is 2.94. The number of sulfonamides is 1. The molecule has 0 atom stereocenters. The summed E-state index contributed by atoms with van der Waals surface area (Å²) in [4.78, 5) is 31.3. The number of piperidine rings is 1. The van der Waals surface area contributed by atoms with E-state index >= 15 is 0 Å². The number of benzene rings is 1. The molecule has 8 nitrogen and oxygen atoms in total. The van der Waals surface area contributed by atoms with Gasteiger partial charge < -0.3 is 10.3 Å². The number of amides is 1. The Bertz CT molecular complexity index is 1110. The van der Waals surface area contributed by atoms with E-state index in [4.69, 9.17) is 11.6 Å². The molecule has 1 amide bonds. The maximum atomic E-state index is 12.9. The number of hydrogen-bond acceptors (Lipinski definition) is 5. The summed E-state index contributed by atoms with van der Waals surface area (Å²) in [6, 6.07) is 4.41. The van der Waals surface area contributed by atoms with Gasteiger partial charge in [0, 0.05) is 36.5 Å². The molecule has 0 unspecified atom stereocenters. The van der Waals surface area contributed by atoms with Crippen LogP contribution in [-0.4, -0.2) is 41.7 Å². The molecule has 0 bridgehead atoms. The SMILES string of the molecule is Cc1nc(C)c(CCC(=O)Nc2ccc(Cl)c(S(=O)(=O)N3CCCCC3)c2)c(=O)[nH]1. The number of carbonyl (C=O) groups is 1. The molecule has 0 saturated carbocycles. The third-order valence-corrected chi connectivity index (χ3v) is 7.47. The predicted molar refractivity (Wildman–Crippen MR) is 115 cm³/mol. The number of H-pyrrole nitrogens is 1. The molecule has 0 radical (unpaired) electrons. The Labute approximate surface area is 180 Å². The lowest BCUT2D eigenvalue weighted by molar-refractivity contribution is -0.116. The van der Waals surface area contributed by atoms with Gasteiger partial charge in [-0.05, 0) is 51.3 Å². The average Bonchev–Trinajstić information content (AvgIpc) is 2.69.